The number of nitrogens with zero attached hydrogens (tertiary/aromatic N) is 4. The average Bonchev–Trinajstić information content (AvgIpc) is 3.43. The van der Waals surface area contributed by atoms with Gasteiger partial charge in [0.15, 0.2) is 0 Å². The molecule has 0 aliphatic carbocycles. The van der Waals surface area contributed by atoms with Gasteiger partial charge in [0.2, 0.25) is 11.8 Å². The van der Waals surface area contributed by atoms with Crippen LogP contribution in [0.4, 0.5) is 30.4 Å². The lowest BCUT2D eigenvalue weighted by atomic mass is 10.0. The largest absolute Gasteiger partial charge is 0.439 e. The summed E-state index contributed by atoms with van der Waals surface area (Å²) in [7, 11) is 3.84. The fourth-order valence-corrected chi connectivity index (χ4v) is 4.99. The first kappa shape index (κ1) is 28.8. The zero-order valence-corrected chi connectivity index (χ0v) is 23.2. The third-order valence-electron chi connectivity index (χ3n) is 7.06. The summed E-state index contributed by atoms with van der Waals surface area (Å²) in [5, 5.41) is 6.45. The monoisotopic (exact) mass is 578 g/mol. The number of carbonyl (C=O) groups is 2. The Bertz CT molecular complexity index is 1640. The summed E-state index contributed by atoms with van der Waals surface area (Å²) in [4.78, 5) is 36.3. The van der Waals surface area contributed by atoms with Crippen LogP contribution >= 0.6 is 0 Å². The number of likely N-dealkylation sites (N-methyl/N-ethyl adjacent to an activating group) is 1. The lowest BCUT2D eigenvalue weighted by molar-refractivity contribution is -0.137. The number of nitrogens with one attached hydrogen (secondary N) is 2. The van der Waals surface area contributed by atoms with E-state index in [0.717, 1.165) is 12.5 Å². The van der Waals surface area contributed by atoms with Gasteiger partial charge in [-0.3, -0.25) is 9.59 Å². The standard InChI is InChI=1S/C30H29F3N6O3/c1-18(40)36-27-15-28(35-17-34-27)42-22-8-9-23-19(13-22)5-4-6-24(23)29(41)37-20-7-10-26(25(14-20)30(31,32)33)39-12-11-21(16-39)38(2)3/h4-10,13-15,17,21H,11-12,16H2,1-3H3,(H,37,41)(H,34,35,36,40). The van der Waals surface area contributed by atoms with Crippen LogP contribution in [0.5, 0.6) is 11.6 Å². The van der Waals surface area contributed by atoms with Gasteiger partial charge in [-0.05, 0) is 73.8 Å². The van der Waals surface area contributed by atoms with Crippen LogP contribution in [0.2, 0.25) is 0 Å². The van der Waals surface area contributed by atoms with Crippen molar-refractivity contribution >= 4 is 39.8 Å². The molecule has 1 aromatic heterocycles. The minimum atomic E-state index is -4.59. The van der Waals surface area contributed by atoms with Gasteiger partial charge in [-0.15, -0.1) is 0 Å². The van der Waals surface area contributed by atoms with Gasteiger partial charge in [0.05, 0.1) is 5.56 Å². The number of fused-ring (bicyclic) bond motifs is 1. The highest BCUT2D eigenvalue weighted by Crippen LogP contribution is 2.40. The quantitative estimate of drug-likeness (QED) is 0.286. The molecule has 1 unspecified atom stereocenters. The molecule has 2 N–H and O–H groups in total. The van der Waals surface area contributed by atoms with Crippen molar-refractivity contribution in [3.05, 3.63) is 78.1 Å². The number of alkyl halides is 3. The molecular formula is C30H29F3N6O3. The Morgan fingerprint density at radius 2 is 1.83 bits per heavy atom. The smallest absolute Gasteiger partial charge is 0.418 e. The zero-order chi connectivity index (χ0) is 30.0. The Hall–Kier alpha value is -4.71. The average molecular weight is 579 g/mol. The molecule has 1 atom stereocenters. The van der Waals surface area contributed by atoms with Gasteiger partial charge in [-0.2, -0.15) is 13.2 Å². The van der Waals surface area contributed by atoms with E-state index in [2.05, 4.69) is 20.6 Å². The van der Waals surface area contributed by atoms with E-state index in [4.69, 9.17) is 4.74 Å². The van der Waals surface area contributed by atoms with Crippen molar-refractivity contribution in [2.24, 2.45) is 0 Å². The third-order valence-corrected chi connectivity index (χ3v) is 7.06. The van der Waals surface area contributed by atoms with Crippen molar-refractivity contribution in [3.63, 3.8) is 0 Å². The van der Waals surface area contributed by atoms with E-state index in [9.17, 15) is 22.8 Å². The van der Waals surface area contributed by atoms with Gasteiger partial charge in [-0.25, -0.2) is 9.97 Å². The molecule has 0 spiro atoms. The number of aromatic nitrogens is 2. The van der Waals surface area contributed by atoms with Crippen molar-refractivity contribution in [2.45, 2.75) is 25.6 Å². The molecule has 1 aliphatic rings. The summed E-state index contributed by atoms with van der Waals surface area (Å²) in [6.07, 6.45) is -2.56. The van der Waals surface area contributed by atoms with E-state index >= 15 is 0 Å². The topological polar surface area (TPSA) is 99.7 Å². The van der Waals surface area contributed by atoms with Crippen molar-refractivity contribution < 1.29 is 27.5 Å². The molecule has 2 heterocycles. The Morgan fingerprint density at radius 3 is 2.55 bits per heavy atom. The third kappa shape index (κ3) is 6.44. The van der Waals surface area contributed by atoms with Crippen LogP contribution in [-0.4, -0.2) is 59.9 Å². The van der Waals surface area contributed by atoms with E-state index in [1.54, 1.807) is 41.3 Å². The number of carbonyl (C=O) groups excluding carboxylic acids is 2. The summed E-state index contributed by atoms with van der Waals surface area (Å²) < 4.78 is 48.1. The van der Waals surface area contributed by atoms with E-state index < -0.39 is 17.6 Å². The molecule has 1 saturated heterocycles. The molecule has 12 heteroatoms. The second-order valence-corrected chi connectivity index (χ2v) is 10.2. The minimum Gasteiger partial charge on any atom is -0.439 e. The molecule has 9 nitrogen and oxygen atoms in total. The lowest BCUT2D eigenvalue weighted by Gasteiger charge is -2.25. The molecule has 0 bridgehead atoms. The first-order valence-corrected chi connectivity index (χ1v) is 13.2. The number of ether oxygens (including phenoxy) is 1. The molecule has 5 rings (SSSR count). The van der Waals surface area contributed by atoms with Crippen molar-refractivity contribution in [1.29, 1.82) is 0 Å². The van der Waals surface area contributed by atoms with E-state index in [-0.39, 0.29) is 35.0 Å². The molecule has 4 aromatic rings. The van der Waals surface area contributed by atoms with Gasteiger partial charge in [0.1, 0.15) is 17.9 Å². The highest BCUT2D eigenvalue weighted by Gasteiger charge is 2.37. The number of rotatable bonds is 7. The molecule has 3 aromatic carbocycles. The fraction of sp³-hybridized carbons (Fsp3) is 0.267. The lowest BCUT2D eigenvalue weighted by Crippen LogP contribution is -2.32. The number of amides is 2. The Morgan fingerprint density at radius 1 is 1.02 bits per heavy atom. The molecule has 42 heavy (non-hydrogen) atoms. The maximum absolute atomic E-state index is 14.1. The van der Waals surface area contributed by atoms with E-state index in [1.165, 1.54) is 31.5 Å². The van der Waals surface area contributed by atoms with Crippen LogP contribution in [0.1, 0.15) is 29.3 Å². The van der Waals surface area contributed by atoms with Crippen LogP contribution in [-0.2, 0) is 11.0 Å². The highest BCUT2D eigenvalue weighted by molar-refractivity contribution is 6.13. The second-order valence-electron chi connectivity index (χ2n) is 10.2. The predicted octanol–water partition coefficient (Wildman–Crippen LogP) is 5.79. The minimum absolute atomic E-state index is 0.0510. The Balaban J connectivity index is 1.36. The van der Waals surface area contributed by atoms with Crippen LogP contribution in [0.25, 0.3) is 10.8 Å². The molecule has 1 aliphatic heterocycles. The fourth-order valence-electron chi connectivity index (χ4n) is 4.99. The van der Waals surface area contributed by atoms with Crippen molar-refractivity contribution in [1.82, 2.24) is 14.9 Å². The number of halogens is 3. The van der Waals surface area contributed by atoms with Crippen LogP contribution in [0.3, 0.4) is 0 Å². The number of hydrogen-bond acceptors (Lipinski definition) is 7. The van der Waals surface area contributed by atoms with Crippen molar-refractivity contribution in [3.8, 4) is 11.6 Å². The molecular weight excluding hydrogens is 549 g/mol. The van der Waals surface area contributed by atoms with Gasteiger partial charge in [-0.1, -0.05) is 12.1 Å². The maximum Gasteiger partial charge on any atom is 0.418 e. The van der Waals surface area contributed by atoms with Crippen LogP contribution < -0.4 is 20.3 Å². The first-order chi connectivity index (χ1) is 20.0. The molecule has 0 radical (unpaired) electrons. The Kier molecular flexibility index (Phi) is 7.99. The number of anilines is 3. The molecule has 0 saturated carbocycles. The zero-order valence-electron chi connectivity index (χ0n) is 23.2. The summed E-state index contributed by atoms with van der Waals surface area (Å²) in [5.74, 6) is 0.0896. The maximum atomic E-state index is 14.1. The number of hydrogen-bond donors (Lipinski definition) is 2. The summed E-state index contributed by atoms with van der Waals surface area (Å²) >= 11 is 0. The van der Waals surface area contributed by atoms with Gasteiger partial charge >= 0.3 is 6.18 Å². The number of benzene rings is 3. The summed E-state index contributed by atoms with van der Waals surface area (Å²) in [6.45, 7) is 2.38. The van der Waals surface area contributed by atoms with Gasteiger partial charge in [0.25, 0.3) is 5.91 Å². The van der Waals surface area contributed by atoms with Gasteiger partial charge < -0.3 is 25.2 Å². The SMILES string of the molecule is CC(=O)Nc1cc(Oc2ccc3c(C(=O)Nc4ccc(N5CCC(N(C)C)C5)c(C(F)(F)F)c4)cccc3c2)ncn1. The molecule has 1 fully saturated rings. The second kappa shape index (κ2) is 11.6. The summed E-state index contributed by atoms with van der Waals surface area (Å²) in [6, 6.07) is 15.7. The van der Waals surface area contributed by atoms with Crippen LogP contribution in [0, 0.1) is 0 Å². The normalized spacial score (nSPS) is 15.2. The van der Waals surface area contributed by atoms with E-state index in [0.29, 0.717) is 35.2 Å². The van der Waals surface area contributed by atoms with E-state index in [1.807, 2.05) is 19.0 Å². The first-order valence-electron chi connectivity index (χ1n) is 13.2. The van der Waals surface area contributed by atoms with Gasteiger partial charge in [0, 0.05) is 49.1 Å². The Labute approximate surface area is 240 Å². The van der Waals surface area contributed by atoms with Crippen molar-refractivity contribution in [2.75, 3.05) is 42.7 Å². The van der Waals surface area contributed by atoms with Crippen LogP contribution in [0.15, 0.2) is 67.0 Å². The summed E-state index contributed by atoms with van der Waals surface area (Å²) in [5.41, 5.74) is -0.337. The molecule has 2 amide bonds. The predicted molar refractivity (Wildman–Crippen MR) is 154 cm³/mol. The highest BCUT2D eigenvalue weighted by atomic mass is 19.4. The molecule has 218 valence electrons.